The van der Waals surface area contributed by atoms with Crippen molar-refractivity contribution in [2.24, 2.45) is 4.99 Å². The number of sulfonamides is 1. The molecule has 0 bridgehead atoms. The van der Waals surface area contributed by atoms with Crippen molar-refractivity contribution in [1.29, 1.82) is 0 Å². The number of hydrogen-bond donors (Lipinski definition) is 3. The molecule has 1 heterocycles. The van der Waals surface area contributed by atoms with Crippen LogP contribution < -0.4 is 15.4 Å². The molecule has 0 saturated heterocycles. The molecule has 1 aromatic heterocycles. The quantitative estimate of drug-likeness (QED) is 0.215. The van der Waals surface area contributed by atoms with Gasteiger partial charge in [-0.05, 0) is 39.3 Å². The minimum absolute atomic E-state index is 0. The number of halogens is 1. The molecule has 0 aromatic carbocycles. The number of aryl methyl sites for hydroxylation is 1. The number of thiophene rings is 1. The Balaban J connectivity index is 0.00000529. The molecule has 0 radical (unpaired) electrons. The molecule has 24 heavy (non-hydrogen) atoms. The fourth-order valence-corrected chi connectivity index (χ4v) is 3.56. The van der Waals surface area contributed by atoms with Crippen LogP contribution in [0.25, 0.3) is 0 Å². The van der Waals surface area contributed by atoms with E-state index in [0.29, 0.717) is 19.5 Å². The van der Waals surface area contributed by atoms with Gasteiger partial charge in [0.15, 0.2) is 5.96 Å². The van der Waals surface area contributed by atoms with E-state index in [9.17, 15) is 8.42 Å². The molecule has 140 valence electrons. The molecule has 0 saturated carbocycles. The first-order valence-electron chi connectivity index (χ1n) is 7.85. The van der Waals surface area contributed by atoms with Crippen LogP contribution in [0.4, 0.5) is 0 Å². The lowest BCUT2D eigenvalue weighted by atomic mass is 10.2. The average Bonchev–Trinajstić information content (AvgIpc) is 2.82. The second-order valence-corrected chi connectivity index (χ2v) is 8.75. The maximum atomic E-state index is 11.0. The first-order valence-corrected chi connectivity index (χ1v) is 10.6. The molecule has 9 heteroatoms. The molecular formula is C15H29IN4O2S2. The van der Waals surface area contributed by atoms with Gasteiger partial charge >= 0.3 is 0 Å². The maximum Gasteiger partial charge on any atom is 0.208 e. The van der Waals surface area contributed by atoms with E-state index in [0.717, 1.165) is 25.2 Å². The second kappa shape index (κ2) is 12.0. The van der Waals surface area contributed by atoms with E-state index in [2.05, 4.69) is 46.3 Å². The Morgan fingerprint density at radius 1 is 1.38 bits per heavy atom. The summed E-state index contributed by atoms with van der Waals surface area (Å²) >= 11 is 1.82. The molecule has 0 amide bonds. The van der Waals surface area contributed by atoms with Crippen molar-refractivity contribution in [1.82, 2.24) is 15.4 Å². The average molecular weight is 488 g/mol. The molecule has 1 unspecified atom stereocenters. The first-order chi connectivity index (χ1) is 10.8. The van der Waals surface area contributed by atoms with Crippen LogP contribution in [-0.4, -0.2) is 46.3 Å². The van der Waals surface area contributed by atoms with Gasteiger partial charge in [-0.1, -0.05) is 0 Å². The zero-order valence-electron chi connectivity index (χ0n) is 14.8. The summed E-state index contributed by atoms with van der Waals surface area (Å²) in [5, 5.41) is 6.60. The van der Waals surface area contributed by atoms with Crippen molar-refractivity contribution in [2.45, 2.75) is 39.7 Å². The molecule has 1 rings (SSSR count). The molecule has 0 aliphatic rings. The number of rotatable bonds is 9. The standard InChI is InChI=1S/C15H28N4O2S2.HI/c1-5-16-15(17-9-6-10-18-23(4,20)21)19-12(2)11-14-8-7-13(3)22-14;/h7-8,12,18H,5-6,9-11H2,1-4H3,(H2,16,17,19);1H. The van der Waals surface area contributed by atoms with Crippen LogP contribution in [0.3, 0.4) is 0 Å². The summed E-state index contributed by atoms with van der Waals surface area (Å²) in [5.74, 6) is 0.771. The highest BCUT2D eigenvalue weighted by atomic mass is 127. The number of guanidine groups is 1. The summed E-state index contributed by atoms with van der Waals surface area (Å²) in [4.78, 5) is 7.17. The Kier molecular flexibility index (Phi) is 11.8. The highest BCUT2D eigenvalue weighted by molar-refractivity contribution is 14.0. The van der Waals surface area contributed by atoms with Crippen molar-refractivity contribution >= 4 is 51.3 Å². The Bertz CT molecular complexity index is 602. The normalized spacial score (nSPS) is 13.2. The first kappa shape index (κ1) is 23.6. The van der Waals surface area contributed by atoms with Crippen LogP contribution in [0.1, 0.15) is 30.0 Å². The molecule has 0 aliphatic heterocycles. The fourth-order valence-electron chi connectivity index (χ4n) is 2.03. The van der Waals surface area contributed by atoms with Crippen LogP contribution in [0.2, 0.25) is 0 Å². The Labute approximate surface area is 167 Å². The van der Waals surface area contributed by atoms with Gasteiger partial charge < -0.3 is 10.6 Å². The van der Waals surface area contributed by atoms with Crippen molar-refractivity contribution in [3.8, 4) is 0 Å². The van der Waals surface area contributed by atoms with E-state index in [4.69, 9.17) is 0 Å². The van der Waals surface area contributed by atoms with Gasteiger partial charge in [0.1, 0.15) is 0 Å². The van der Waals surface area contributed by atoms with Gasteiger partial charge in [0.2, 0.25) is 10.0 Å². The Morgan fingerprint density at radius 2 is 2.08 bits per heavy atom. The highest BCUT2D eigenvalue weighted by Crippen LogP contribution is 2.16. The molecule has 1 atom stereocenters. The zero-order valence-corrected chi connectivity index (χ0v) is 18.7. The van der Waals surface area contributed by atoms with Gasteiger partial charge in [-0.25, -0.2) is 13.1 Å². The molecule has 0 spiro atoms. The van der Waals surface area contributed by atoms with Crippen LogP contribution in [0.15, 0.2) is 17.1 Å². The van der Waals surface area contributed by atoms with Gasteiger partial charge in [-0.2, -0.15) is 0 Å². The van der Waals surface area contributed by atoms with Crippen LogP contribution in [0, 0.1) is 6.92 Å². The van der Waals surface area contributed by atoms with Gasteiger partial charge in [0.25, 0.3) is 0 Å². The van der Waals surface area contributed by atoms with E-state index >= 15 is 0 Å². The summed E-state index contributed by atoms with van der Waals surface area (Å²) < 4.78 is 24.4. The molecule has 6 nitrogen and oxygen atoms in total. The third-order valence-corrected chi connectivity index (χ3v) is 4.75. The Hall–Kier alpha value is -0.390. The van der Waals surface area contributed by atoms with Gasteiger partial charge in [-0.3, -0.25) is 4.99 Å². The summed E-state index contributed by atoms with van der Waals surface area (Å²) in [7, 11) is -3.12. The lowest BCUT2D eigenvalue weighted by Crippen LogP contribution is -2.43. The minimum Gasteiger partial charge on any atom is -0.357 e. The van der Waals surface area contributed by atoms with E-state index < -0.39 is 10.0 Å². The smallest absolute Gasteiger partial charge is 0.208 e. The summed E-state index contributed by atoms with van der Waals surface area (Å²) in [6.07, 6.45) is 2.79. The topological polar surface area (TPSA) is 82.6 Å². The van der Waals surface area contributed by atoms with Crippen molar-refractivity contribution in [2.75, 3.05) is 25.9 Å². The summed E-state index contributed by atoms with van der Waals surface area (Å²) in [6.45, 7) is 8.04. The zero-order chi connectivity index (χ0) is 17.3. The van der Waals surface area contributed by atoms with Crippen LogP contribution in [-0.2, 0) is 16.4 Å². The Morgan fingerprint density at radius 3 is 2.62 bits per heavy atom. The second-order valence-electron chi connectivity index (χ2n) is 5.54. The lowest BCUT2D eigenvalue weighted by Gasteiger charge is -2.17. The lowest BCUT2D eigenvalue weighted by molar-refractivity contribution is 0.585. The molecule has 1 aromatic rings. The molecule has 3 N–H and O–H groups in total. The predicted molar refractivity (Wildman–Crippen MR) is 114 cm³/mol. The maximum absolute atomic E-state index is 11.0. The minimum atomic E-state index is -3.12. The van der Waals surface area contributed by atoms with Crippen molar-refractivity contribution in [3.63, 3.8) is 0 Å². The van der Waals surface area contributed by atoms with Crippen molar-refractivity contribution in [3.05, 3.63) is 21.9 Å². The van der Waals surface area contributed by atoms with Gasteiger partial charge in [-0.15, -0.1) is 35.3 Å². The van der Waals surface area contributed by atoms with E-state index in [1.165, 1.54) is 9.75 Å². The van der Waals surface area contributed by atoms with Crippen LogP contribution in [0.5, 0.6) is 0 Å². The number of nitrogens with one attached hydrogen (secondary N) is 3. The monoisotopic (exact) mass is 488 g/mol. The number of aliphatic imine (C=N–C) groups is 1. The largest absolute Gasteiger partial charge is 0.357 e. The van der Waals surface area contributed by atoms with E-state index in [-0.39, 0.29) is 30.0 Å². The number of nitrogens with zero attached hydrogens (tertiary/aromatic N) is 1. The summed E-state index contributed by atoms with van der Waals surface area (Å²) in [5.41, 5.74) is 0. The molecule has 0 fully saturated rings. The number of hydrogen-bond acceptors (Lipinski definition) is 4. The third-order valence-electron chi connectivity index (χ3n) is 3.00. The fraction of sp³-hybridized carbons (Fsp3) is 0.667. The van der Waals surface area contributed by atoms with Crippen molar-refractivity contribution < 1.29 is 8.42 Å². The van der Waals surface area contributed by atoms with E-state index in [1.54, 1.807) is 0 Å². The highest BCUT2D eigenvalue weighted by Gasteiger charge is 2.07. The predicted octanol–water partition coefficient (Wildman–Crippen LogP) is 2.10. The summed E-state index contributed by atoms with van der Waals surface area (Å²) in [6, 6.07) is 4.58. The SMILES string of the molecule is CCNC(=NCCCNS(C)(=O)=O)NC(C)Cc1ccc(C)s1.I. The third kappa shape index (κ3) is 11.2. The van der Waals surface area contributed by atoms with Crippen LogP contribution >= 0.6 is 35.3 Å². The molecule has 0 aliphatic carbocycles. The molecular weight excluding hydrogens is 459 g/mol. The van der Waals surface area contributed by atoms with Gasteiger partial charge in [0.05, 0.1) is 6.26 Å². The van der Waals surface area contributed by atoms with E-state index in [1.807, 2.05) is 18.3 Å². The van der Waals surface area contributed by atoms with Gasteiger partial charge in [0, 0.05) is 41.9 Å².